The van der Waals surface area contributed by atoms with E-state index < -0.39 is 0 Å². The highest BCUT2D eigenvalue weighted by Crippen LogP contribution is 2.32. The first-order valence-corrected chi connectivity index (χ1v) is 8.43. The Labute approximate surface area is 137 Å². The lowest BCUT2D eigenvalue weighted by Crippen LogP contribution is -2.41. The molecule has 2 heterocycles. The van der Waals surface area contributed by atoms with E-state index in [4.69, 9.17) is 9.15 Å². The van der Waals surface area contributed by atoms with Gasteiger partial charge in [0.15, 0.2) is 0 Å². The van der Waals surface area contributed by atoms with Crippen molar-refractivity contribution in [1.29, 1.82) is 0 Å². The Hall–Kier alpha value is -1.88. The second-order valence-corrected chi connectivity index (χ2v) is 6.20. The van der Waals surface area contributed by atoms with Gasteiger partial charge in [-0.15, -0.1) is 10.2 Å². The van der Waals surface area contributed by atoms with E-state index >= 15 is 0 Å². The summed E-state index contributed by atoms with van der Waals surface area (Å²) in [5.74, 6) is 2.69. The molecule has 0 unspecified atom stereocenters. The van der Waals surface area contributed by atoms with Gasteiger partial charge in [-0.1, -0.05) is 12.1 Å². The summed E-state index contributed by atoms with van der Waals surface area (Å²) in [6.45, 7) is 8.84. The largest absolute Gasteiger partial charge is 0.494 e. The van der Waals surface area contributed by atoms with Crippen LogP contribution in [0.3, 0.4) is 0 Å². The van der Waals surface area contributed by atoms with Crippen LogP contribution in [0.2, 0.25) is 0 Å². The van der Waals surface area contributed by atoms with Gasteiger partial charge in [-0.25, -0.2) is 0 Å². The highest BCUT2D eigenvalue weighted by molar-refractivity contribution is 5.28. The molecule has 124 valence electrons. The maximum Gasteiger partial charge on any atom is 0.221 e. The highest BCUT2D eigenvalue weighted by atomic mass is 16.5. The summed E-state index contributed by atoms with van der Waals surface area (Å²) < 4.78 is 11.3. The minimum Gasteiger partial charge on any atom is -0.494 e. The molecule has 0 N–H and O–H groups in total. The van der Waals surface area contributed by atoms with Gasteiger partial charge in [0.2, 0.25) is 11.8 Å². The fourth-order valence-electron chi connectivity index (χ4n) is 3.36. The molecule has 2 aromatic rings. The standard InChI is InChI=1S/C18H25N3O2/c1-4-22-16-8-5-7-15(11-16)12-21-10-6-9-17(13(21)2)18-20-19-14(3)23-18/h5,7-8,11,13,17H,4,6,9-10,12H2,1-3H3/t13-,17-/m0/s1. The zero-order valence-corrected chi connectivity index (χ0v) is 14.2. The Kier molecular flexibility index (Phi) is 4.96. The van der Waals surface area contributed by atoms with Crippen molar-refractivity contribution in [3.05, 3.63) is 41.6 Å². The molecule has 0 spiro atoms. The van der Waals surface area contributed by atoms with Crippen LogP contribution in [0.25, 0.3) is 0 Å². The highest BCUT2D eigenvalue weighted by Gasteiger charge is 2.32. The summed E-state index contributed by atoms with van der Waals surface area (Å²) in [4.78, 5) is 2.50. The molecule has 1 saturated heterocycles. The molecule has 0 bridgehead atoms. The predicted molar refractivity (Wildman–Crippen MR) is 88.5 cm³/mol. The molecule has 3 rings (SSSR count). The number of piperidine rings is 1. The summed E-state index contributed by atoms with van der Waals surface area (Å²) in [6.07, 6.45) is 2.26. The van der Waals surface area contributed by atoms with Crippen LogP contribution >= 0.6 is 0 Å². The monoisotopic (exact) mass is 315 g/mol. The summed E-state index contributed by atoms with van der Waals surface area (Å²) in [7, 11) is 0. The van der Waals surface area contributed by atoms with Crippen molar-refractivity contribution in [2.75, 3.05) is 13.2 Å². The lowest BCUT2D eigenvalue weighted by Gasteiger charge is -2.38. The van der Waals surface area contributed by atoms with Crippen molar-refractivity contribution in [3.8, 4) is 5.75 Å². The van der Waals surface area contributed by atoms with E-state index in [1.165, 1.54) is 5.56 Å². The third-order valence-electron chi connectivity index (χ3n) is 4.57. The van der Waals surface area contributed by atoms with Crippen LogP contribution in [0.5, 0.6) is 5.75 Å². The molecule has 0 saturated carbocycles. The van der Waals surface area contributed by atoms with E-state index in [2.05, 4.69) is 40.2 Å². The second-order valence-electron chi connectivity index (χ2n) is 6.20. The summed E-state index contributed by atoms with van der Waals surface area (Å²) in [5.41, 5.74) is 1.28. The maximum absolute atomic E-state index is 5.67. The summed E-state index contributed by atoms with van der Waals surface area (Å²) >= 11 is 0. The molecule has 5 nitrogen and oxygen atoms in total. The number of hydrogen-bond donors (Lipinski definition) is 0. The maximum atomic E-state index is 5.67. The average Bonchev–Trinajstić information content (AvgIpc) is 2.96. The molecule has 23 heavy (non-hydrogen) atoms. The Morgan fingerprint density at radius 1 is 1.35 bits per heavy atom. The molecule has 0 aliphatic carbocycles. The molecule has 0 radical (unpaired) electrons. The molecular formula is C18H25N3O2. The number of aromatic nitrogens is 2. The van der Waals surface area contributed by atoms with Gasteiger partial charge in [-0.2, -0.15) is 0 Å². The van der Waals surface area contributed by atoms with E-state index in [9.17, 15) is 0 Å². The molecule has 2 atom stereocenters. The van der Waals surface area contributed by atoms with E-state index in [1.54, 1.807) is 0 Å². The molecule has 1 aliphatic rings. The van der Waals surface area contributed by atoms with Gasteiger partial charge >= 0.3 is 0 Å². The fraction of sp³-hybridized carbons (Fsp3) is 0.556. The quantitative estimate of drug-likeness (QED) is 0.844. The van der Waals surface area contributed by atoms with Gasteiger partial charge in [-0.3, -0.25) is 4.90 Å². The van der Waals surface area contributed by atoms with Crippen LogP contribution in [-0.2, 0) is 6.54 Å². The predicted octanol–water partition coefficient (Wildman–Crippen LogP) is 3.54. The van der Waals surface area contributed by atoms with Crippen LogP contribution in [0.15, 0.2) is 28.7 Å². The van der Waals surface area contributed by atoms with Crippen molar-refractivity contribution in [2.45, 2.75) is 52.1 Å². The van der Waals surface area contributed by atoms with Crippen LogP contribution in [-0.4, -0.2) is 34.3 Å². The lowest BCUT2D eigenvalue weighted by molar-refractivity contribution is 0.118. The zero-order chi connectivity index (χ0) is 16.2. The smallest absolute Gasteiger partial charge is 0.221 e. The van der Waals surface area contributed by atoms with Crippen molar-refractivity contribution in [1.82, 2.24) is 15.1 Å². The Morgan fingerprint density at radius 3 is 2.96 bits per heavy atom. The van der Waals surface area contributed by atoms with Gasteiger partial charge in [0.1, 0.15) is 5.75 Å². The molecular weight excluding hydrogens is 290 g/mol. The third kappa shape index (κ3) is 3.72. The van der Waals surface area contributed by atoms with Gasteiger partial charge in [0.25, 0.3) is 0 Å². The Balaban J connectivity index is 1.71. The zero-order valence-electron chi connectivity index (χ0n) is 14.2. The molecule has 1 aliphatic heterocycles. The fourth-order valence-corrected chi connectivity index (χ4v) is 3.36. The van der Waals surface area contributed by atoms with Crippen molar-refractivity contribution >= 4 is 0 Å². The van der Waals surface area contributed by atoms with E-state index in [0.29, 0.717) is 24.5 Å². The first kappa shape index (κ1) is 16.0. The molecule has 5 heteroatoms. The minimum atomic E-state index is 0.319. The SMILES string of the molecule is CCOc1cccc(CN2CCC[C@H](c3nnc(C)o3)[C@@H]2C)c1. The second kappa shape index (κ2) is 7.13. The third-order valence-corrected chi connectivity index (χ3v) is 4.57. The van der Waals surface area contributed by atoms with Crippen LogP contribution in [0.4, 0.5) is 0 Å². The number of nitrogens with zero attached hydrogens (tertiary/aromatic N) is 3. The molecule has 1 aromatic carbocycles. The minimum absolute atomic E-state index is 0.319. The number of rotatable bonds is 5. The van der Waals surface area contributed by atoms with E-state index in [-0.39, 0.29) is 0 Å². The van der Waals surface area contributed by atoms with E-state index in [1.807, 2.05) is 19.9 Å². The summed E-state index contributed by atoms with van der Waals surface area (Å²) in [6, 6.07) is 8.76. The number of hydrogen-bond acceptors (Lipinski definition) is 5. The molecule has 1 fully saturated rings. The molecule has 0 amide bonds. The van der Waals surface area contributed by atoms with Gasteiger partial charge < -0.3 is 9.15 Å². The first-order valence-electron chi connectivity index (χ1n) is 8.43. The Morgan fingerprint density at radius 2 is 2.22 bits per heavy atom. The van der Waals surface area contributed by atoms with E-state index in [0.717, 1.165) is 37.6 Å². The average molecular weight is 315 g/mol. The van der Waals surface area contributed by atoms with Crippen molar-refractivity contribution in [3.63, 3.8) is 0 Å². The van der Waals surface area contributed by atoms with Crippen LogP contribution < -0.4 is 4.74 Å². The van der Waals surface area contributed by atoms with Crippen LogP contribution in [0, 0.1) is 6.92 Å². The topological polar surface area (TPSA) is 51.4 Å². The van der Waals surface area contributed by atoms with Gasteiger partial charge in [0.05, 0.1) is 12.5 Å². The lowest BCUT2D eigenvalue weighted by atomic mass is 9.89. The Bertz CT molecular complexity index is 641. The van der Waals surface area contributed by atoms with Gasteiger partial charge in [0, 0.05) is 19.5 Å². The summed E-state index contributed by atoms with van der Waals surface area (Å²) in [5, 5.41) is 8.22. The number of benzene rings is 1. The van der Waals surface area contributed by atoms with Crippen LogP contribution in [0.1, 0.15) is 50.0 Å². The number of ether oxygens (including phenoxy) is 1. The first-order chi connectivity index (χ1) is 11.2. The number of likely N-dealkylation sites (tertiary alicyclic amines) is 1. The normalized spacial score (nSPS) is 22.2. The van der Waals surface area contributed by atoms with Crippen molar-refractivity contribution in [2.24, 2.45) is 0 Å². The van der Waals surface area contributed by atoms with Crippen molar-refractivity contribution < 1.29 is 9.15 Å². The van der Waals surface area contributed by atoms with Gasteiger partial charge in [-0.05, 0) is 50.9 Å². The molecule has 1 aromatic heterocycles. The number of aryl methyl sites for hydroxylation is 1.